The number of carbonyl (C=O) groups is 3. The summed E-state index contributed by atoms with van der Waals surface area (Å²) in [5.41, 5.74) is 0.831. The Labute approximate surface area is 157 Å². The Balaban J connectivity index is 1.50. The van der Waals surface area contributed by atoms with Gasteiger partial charge < -0.3 is 19.4 Å². The van der Waals surface area contributed by atoms with Gasteiger partial charge in [0.05, 0.1) is 11.8 Å². The molecule has 2 aromatic rings. The summed E-state index contributed by atoms with van der Waals surface area (Å²) >= 11 is 0. The molecule has 7 heteroatoms. The molecule has 0 bridgehead atoms. The molecule has 3 rings (SSSR count). The number of furan rings is 1. The Morgan fingerprint density at radius 3 is 2.67 bits per heavy atom. The molecule has 1 aliphatic rings. The molecule has 0 saturated carbocycles. The molecule has 0 spiro atoms. The van der Waals surface area contributed by atoms with Crippen molar-refractivity contribution >= 4 is 23.5 Å². The van der Waals surface area contributed by atoms with Crippen LogP contribution in [0.2, 0.25) is 0 Å². The number of nitrogens with zero attached hydrogens (tertiary/aromatic N) is 1. The third kappa shape index (κ3) is 4.97. The van der Waals surface area contributed by atoms with Gasteiger partial charge >= 0.3 is 5.97 Å². The maximum atomic E-state index is 12.2. The third-order valence-electron chi connectivity index (χ3n) is 4.46. The Morgan fingerprint density at radius 2 is 2.00 bits per heavy atom. The van der Waals surface area contributed by atoms with Crippen LogP contribution in [0.4, 0.5) is 5.69 Å². The zero-order valence-electron chi connectivity index (χ0n) is 15.1. The topological polar surface area (TPSA) is 88.9 Å². The molecule has 1 saturated heterocycles. The number of ether oxygens (including phenoxy) is 1. The number of carbonyl (C=O) groups excluding carboxylic acids is 3. The zero-order valence-corrected chi connectivity index (χ0v) is 15.1. The van der Waals surface area contributed by atoms with E-state index in [2.05, 4.69) is 12.2 Å². The molecule has 1 N–H and O–H groups in total. The van der Waals surface area contributed by atoms with Crippen molar-refractivity contribution in [2.45, 2.75) is 19.8 Å². The van der Waals surface area contributed by atoms with Gasteiger partial charge in [-0.1, -0.05) is 6.92 Å². The summed E-state index contributed by atoms with van der Waals surface area (Å²) < 4.78 is 10.1. The van der Waals surface area contributed by atoms with E-state index in [0.29, 0.717) is 30.3 Å². The minimum Gasteiger partial charge on any atom is -0.459 e. The molecule has 1 fully saturated rings. The summed E-state index contributed by atoms with van der Waals surface area (Å²) in [5, 5.41) is 2.66. The fourth-order valence-electron chi connectivity index (χ4n) is 3.01. The minimum atomic E-state index is -0.572. The first-order chi connectivity index (χ1) is 13.0. The molecule has 1 atom stereocenters. The second kappa shape index (κ2) is 8.53. The van der Waals surface area contributed by atoms with Gasteiger partial charge in [0.15, 0.2) is 12.4 Å². The maximum absolute atomic E-state index is 12.2. The van der Waals surface area contributed by atoms with Gasteiger partial charge in [0.2, 0.25) is 0 Å². The van der Waals surface area contributed by atoms with Crippen LogP contribution in [0.1, 0.15) is 40.7 Å². The second-order valence-electron chi connectivity index (χ2n) is 6.67. The van der Waals surface area contributed by atoms with Gasteiger partial charge in [0.25, 0.3) is 11.8 Å². The van der Waals surface area contributed by atoms with Gasteiger partial charge in [0, 0.05) is 18.8 Å². The number of likely N-dealkylation sites (tertiary alicyclic amines) is 1. The first kappa shape index (κ1) is 18.7. The molecule has 1 aromatic carbocycles. The lowest BCUT2D eigenvalue weighted by Crippen LogP contribution is -2.41. The number of hydrogen-bond donors (Lipinski definition) is 1. The van der Waals surface area contributed by atoms with Gasteiger partial charge in [0.1, 0.15) is 0 Å². The normalized spacial score (nSPS) is 16.6. The fraction of sp³-hybridized carbons (Fsp3) is 0.350. The van der Waals surface area contributed by atoms with Crippen LogP contribution in [0.5, 0.6) is 0 Å². The van der Waals surface area contributed by atoms with E-state index >= 15 is 0 Å². The lowest BCUT2D eigenvalue weighted by molar-refractivity contribution is -0.136. The maximum Gasteiger partial charge on any atom is 0.338 e. The highest BCUT2D eigenvalue weighted by Crippen LogP contribution is 2.16. The van der Waals surface area contributed by atoms with Gasteiger partial charge in [-0.15, -0.1) is 0 Å². The van der Waals surface area contributed by atoms with Crippen molar-refractivity contribution in [3.8, 4) is 0 Å². The first-order valence-corrected chi connectivity index (χ1v) is 8.93. The number of nitrogens with one attached hydrogen (secondary N) is 1. The van der Waals surface area contributed by atoms with E-state index in [1.54, 1.807) is 29.2 Å². The Hall–Kier alpha value is -3.09. The number of esters is 1. The summed E-state index contributed by atoms with van der Waals surface area (Å²) in [6.07, 6.45) is 3.51. The van der Waals surface area contributed by atoms with Crippen molar-refractivity contribution < 1.29 is 23.5 Å². The van der Waals surface area contributed by atoms with E-state index in [-0.39, 0.29) is 24.2 Å². The number of hydrogen-bond acceptors (Lipinski definition) is 5. The van der Waals surface area contributed by atoms with E-state index in [0.717, 1.165) is 12.8 Å². The van der Waals surface area contributed by atoms with Gasteiger partial charge in [-0.2, -0.15) is 0 Å². The van der Waals surface area contributed by atoms with Crippen LogP contribution in [0.3, 0.4) is 0 Å². The van der Waals surface area contributed by atoms with E-state index in [4.69, 9.17) is 9.15 Å². The van der Waals surface area contributed by atoms with Crippen molar-refractivity contribution in [3.05, 3.63) is 54.0 Å². The monoisotopic (exact) mass is 370 g/mol. The van der Waals surface area contributed by atoms with Crippen LogP contribution < -0.4 is 5.32 Å². The standard InChI is InChI=1S/C20H22N2O5/c1-14-4-2-10-22(12-14)18(23)13-27-20(25)15-6-8-16(9-7-15)21-19(24)17-5-3-11-26-17/h3,5-9,11,14H,2,4,10,12-13H2,1H3,(H,21,24)/t14-/m1/s1. The number of benzene rings is 1. The average Bonchev–Trinajstić information content (AvgIpc) is 3.21. The van der Waals surface area contributed by atoms with E-state index in [1.807, 2.05) is 0 Å². The third-order valence-corrected chi connectivity index (χ3v) is 4.46. The Kier molecular flexibility index (Phi) is 5.90. The summed E-state index contributed by atoms with van der Waals surface area (Å²) in [6, 6.07) is 9.43. The molecular formula is C20H22N2O5. The van der Waals surface area contributed by atoms with Gasteiger partial charge in [-0.05, 0) is 55.2 Å². The SMILES string of the molecule is C[C@@H]1CCCN(C(=O)COC(=O)c2ccc(NC(=O)c3ccco3)cc2)C1. The van der Waals surface area contributed by atoms with Crippen molar-refractivity contribution in [1.29, 1.82) is 0 Å². The summed E-state index contributed by atoms with van der Waals surface area (Å²) in [5.74, 6) is -0.447. The molecule has 0 unspecified atom stereocenters. The van der Waals surface area contributed by atoms with Gasteiger partial charge in [-0.25, -0.2) is 4.79 Å². The van der Waals surface area contributed by atoms with Crippen molar-refractivity contribution in [3.63, 3.8) is 0 Å². The lowest BCUT2D eigenvalue weighted by atomic mass is 10.0. The molecule has 1 aromatic heterocycles. The number of rotatable bonds is 5. The van der Waals surface area contributed by atoms with Crippen molar-refractivity contribution in [1.82, 2.24) is 4.90 Å². The highest BCUT2D eigenvalue weighted by atomic mass is 16.5. The largest absolute Gasteiger partial charge is 0.459 e. The molecule has 2 heterocycles. The predicted molar refractivity (Wildman–Crippen MR) is 98.4 cm³/mol. The van der Waals surface area contributed by atoms with Crippen LogP contribution in [0, 0.1) is 5.92 Å². The molecule has 0 aliphatic carbocycles. The smallest absolute Gasteiger partial charge is 0.338 e. The van der Waals surface area contributed by atoms with Crippen molar-refractivity contribution in [2.24, 2.45) is 5.92 Å². The fourth-order valence-corrected chi connectivity index (χ4v) is 3.01. The Morgan fingerprint density at radius 1 is 1.22 bits per heavy atom. The highest BCUT2D eigenvalue weighted by Gasteiger charge is 2.22. The van der Waals surface area contributed by atoms with Crippen LogP contribution in [-0.4, -0.2) is 42.4 Å². The summed E-state index contributed by atoms with van der Waals surface area (Å²) in [4.78, 5) is 37.9. The summed E-state index contributed by atoms with van der Waals surface area (Å²) in [7, 11) is 0. The molecule has 0 radical (unpaired) electrons. The quantitative estimate of drug-likeness (QED) is 0.818. The summed E-state index contributed by atoms with van der Waals surface area (Å²) in [6.45, 7) is 3.27. The van der Waals surface area contributed by atoms with Crippen LogP contribution >= 0.6 is 0 Å². The van der Waals surface area contributed by atoms with Crippen molar-refractivity contribution in [2.75, 3.05) is 25.0 Å². The minimum absolute atomic E-state index is 0.169. The Bertz CT molecular complexity index is 798. The van der Waals surface area contributed by atoms with E-state index in [1.165, 1.54) is 18.4 Å². The van der Waals surface area contributed by atoms with Crippen LogP contribution in [-0.2, 0) is 9.53 Å². The molecule has 27 heavy (non-hydrogen) atoms. The van der Waals surface area contributed by atoms with Gasteiger partial charge in [-0.3, -0.25) is 9.59 Å². The highest BCUT2D eigenvalue weighted by molar-refractivity contribution is 6.02. The second-order valence-corrected chi connectivity index (χ2v) is 6.67. The predicted octanol–water partition coefficient (Wildman–Crippen LogP) is 2.95. The number of anilines is 1. The van der Waals surface area contributed by atoms with Crippen LogP contribution in [0.25, 0.3) is 0 Å². The first-order valence-electron chi connectivity index (χ1n) is 8.93. The zero-order chi connectivity index (χ0) is 19.2. The molecule has 142 valence electrons. The molecule has 2 amide bonds. The molecule has 1 aliphatic heterocycles. The lowest BCUT2D eigenvalue weighted by Gasteiger charge is -2.30. The molecule has 7 nitrogen and oxygen atoms in total. The average molecular weight is 370 g/mol. The van der Waals surface area contributed by atoms with Crippen LogP contribution in [0.15, 0.2) is 47.1 Å². The number of amides is 2. The van der Waals surface area contributed by atoms with E-state index < -0.39 is 5.97 Å². The number of piperidine rings is 1. The van der Waals surface area contributed by atoms with E-state index in [9.17, 15) is 14.4 Å². The molecular weight excluding hydrogens is 348 g/mol.